The zero-order valence-corrected chi connectivity index (χ0v) is 16.4. The third-order valence-corrected chi connectivity index (χ3v) is 5.90. The molecule has 1 fully saturated rings. The minimum atomic E-state index is 0.0687. The van der Waals surface area contributed by atoms with Crippen molar-refractivity contribution in [2.75, 3.05) is 26.7 Å². The Labute approximate surface area is 160 Å². The summed E-state index contributed by atoms with van der Waals surface area (Å²) >= 11 is 0. The number of carbonyl (C=O) groups excluding carboxylic acids is 1. The summed E-state index contributed by atoms with van der Waals surface area (Å²) in [5, 5.41) is 7.49. The van der Waals surface area contributed by atoms with Crippen LogP contribution in [0.3, 0.4) is 0 Å². The van der Waals surface area contributed by atoms with Gasteiger partial charge in [0.15, 0.2) is 5.69 Å². The number of carbonyl (C=O) groups is 1. The number of aromatic nitrogens is 4. The van der Waals surface area contributed by atoms with Crippen molar-refractivity contribution in [3.05, 3.63) is 35.2 Å². The molecule has 4 rings (SSSR count). The maximum atomic E-state index is 13.2. The van der Waals surface area contributed by atoms with E-state index in [0.29, 0.717) is 11.6 Å². The van der Waals surface area contributed by atoms with Crippen LogP contribution in [-0.4, -0.2) is 62.1 Å². The van der Waals surface area contributed by atoms with Crippen LogP contribution in [0.15, 0.2) is 12.4 Å². The van der Waals surface area contributed by atoms with Crippen LogP contribution in [0.2, 0.25) is 0 Å². The summed E-state index contributed by atoms with van der Waals surface area (Å²) in [6.07, 6.45) is 9.34. The van der Waals surface area contributed by atoms with Gasteiger partial charge in [0.05, 0.1) is 0 Å². The monoisotopic (exact) mass is 370 g/mol. The lowest BCUT2D eigenvalue weighted by atomic mass is 9.96. The van der Waals surface area contributed by atoms with Gasteiger partial charge in [-0.25, -0.2) is 4.98 Å². The van der Waals surface area contributed by atoms with Gasteiger partial charge in [0, 0.05) is 68.7 Å². The third kappa shape index (κ3) is 3.65. The van der Waals surface area contributed by atoms with Gasteiger partial charge >= 0.3 is 0 Å². The Hall–Kier alpha value is -2.15. The van der Waals surface area contributed by atoms with Crippen molar-refractivity contribution in [1.29, 1.82) is 0 Å². The van der Waals surface area contributed by atoms with Crippen LogP contribution in [0.4, 0.5) is 0 Å². The molecule has 0 aliphatic carbocycles. The SMILES string of the molecule is CCCCn1ccnc1[C@@H]1CCCN(C(=O)c2n[nH]c3c2CN(C)CC3)C1. The highest BCUT2D eigenvalue weighted by atomic mass is 16.2. The number of unbranched alkanes of at least 4 members (excludes halogenated alkanes) is 1. The maximum absolute atomic E-state index is 13.2. The second kappa shape index (κ2) is 7.84. The fraction of sp³-hybridized carbons (Fsp3) is 0.650. The molecular formula is C20H30N6O. The number of hydrogen-bond donors (Lipinski definition) is 1. The highest BCUT2D eigenvalue weighted by Crippen LogP contribution is 2.28. The fourth-order valence-electron chi connectivity index (χ4n) is 4.33. The molecule has 1 N–H and O–H groups in total. The summed E-state index contributed by atoms with van der Waals surface area (Å²) in [5.41, 5.74) is 2.83. The molecule has 0 aromatic carbocycles. The molecule has 0 saturated carbocycles. The molecule has 2 aromatic rings. The molecule has 1 saturated heterocycles. The number of rotatable bonds is 5. The lowest BCUT2D eigenvalue weighted by Crippen LogP contribution is -2.40. The van der Waals surface area contributed by atoms with E-state index in [0.717, 1.165) is 75.5 Å². The van der Waals surface area contributed by atoms with Crippen LogP contribution >= 0.6 is 0 Å². The Kier molecular flexibility index (Phi) is 5.29. The third-order valence-electron chi connectivity index (χ3n) is 5.90. The highest BCUT2D eigenvalue weighted by molar-refractivity contribution is 5.94. The molecule has 2 aliphatic heterocycles. The number of amides is 1. The van der Waals surface area contributed by atoms with Crippen molar-refractivity contribution < 1.29 is 4.79 Å². The van der Waals surface area contributed by atoms with E-state index in [-0.39, 0.29) is 5.91 Å². The topological polar surface area (TPSA) is 70.0 Å². The second-order valence-corrected chi connectivity index (χ2v) is 7.94. The van der Waals surface area contributed by atoms with E-state index in [1.54, 1.807) is 0 Å². The van der Waals surface area contributed by atoms with E-state index in [1.807, 2.05) is 11.1 Å². The molecule has 2 aromatic heterocycles. The van der Waals surface area contributed by atoms with Crippen LogP contribution in [0, 0.1) is 0 Å². The quantitative estimate of drug-likeness (QED) is 0.877. The molecule has 2 aliphatic rings. The summed E-state index contributed by atoms with van der Waals surface area (Å²) in [4.78, 5) is 22.1. The number of hydrogen-bond acceptors (Lipinski definition) is 4. The van der Waals surface area contributed by atoms with Gasteiger partial charge in [0.2, 0.25) is 0 Å². The first kappa shape index (κ1) is 18.2. The number of piperidine rings is 1. The van der Waals surface area contributed by atoms with Crippen molar-refractivity contribution in [2.24, 2.45) is 0 Å². The van der Waals surface area contributed by atoms with E-state index in [2.05, 4.69) is 44.8 Å². The van der Waals surface area contributed by atoms with Gasteiger partial charge in [-0.2, -0.15) is 5.10 Å². The summed E-state index contributed by atoms with van der Waals surface area (Å²) in [5.74, 6) is 1.51. The van der Waals surface area contributed by atoms with E-state index < -0.39 is 0 Å². The summed E-state index contributed by atoms with van der Waals surface area (Å²) in [6, 6.07) is 0. The second-order valence-electron chi connectivity index (χ2n) is 7.94. The molecule has 4 heterocycles. The number of aromatic amines is 1. The molecule has 146 valence electrons. The van der Waals surface area contributed by atoms with Crippen molar-refractivity contribution in [3.63, 3.8) is 0 Å². The van der Waals surface area contributed by atoms with Crippen LogP contribution < -0.4 is 0 Å². The first-order valence-electron chi connectivity index (χ1n) is 10.2. The zero-order valence-electron chi connectivity index (χ0n) is 16.4. The first-order chi connectivity index (χ1) is 13.2. The molecule has 1 atom stereocenters. The highest BCUT2D eigenvalue weighted by Gasteiger charge is 2.31. The van der Waals surface area contributed by atoms with Crippen molar-refractivity contribution >= 4 is 5.91 Å². The first-order valence-corrected chi connectivity index (χ1v) is 10.2. The van der Waals surface area contributed by atoms with Gasteiger partial charge in [-0.05, 0) is 26.3 Å². The summed E-state index contributed by atoms with van der Waals surface area (Å²) in [6.45, 7) is 6.57. The average molecular weight is 371 g/mol. The van der Waals surface area contributed by atoms with Gasteiger partial charge in [-0.3, -0.25) is 9.89 Å². The fourth-order valence-corrected chi connectivity index (χ4v) is 4.33. The van der Waals surface area contributed by atoms with E-state index in [1.165, 1.54) is 6.42 Å². The molecular weight excluding hydrogens is 340 g/mol. The largest absolute Gasteiger partial charge is 0.337 e. The standard InChI is InChI=1S/C20H30N6O/c1-3-4-9-25-12-8-21-19(25)15-6-5-10-26(13-15)20(27)18-16-14-24(2)11-7-17(16)22-23-18/h8,12,15H,3-7,9-11,13-14H2,1-2H3,(H,22,23)/t15-/m1/s1. The number of aryl methyl sites for hydroxylation is 1. The Morgan fingerprint density at radius 2 is 2.26 bits per heavy atom. The Balaban J connectivity index is 1.50. The van der Waals surface area contributed by atoms with E-state index >= 15 is 0 Å². The molecule has 7 nitrogen and oxygen atoms in total. The van der Waals surface area contributed by atoms with Gasteiger partial charge < -0.3 is 14.4 Å². The summed E-state index contributed by atoms with van der Waals surface area (Å²) in [7, 11) is 2.09. The number of likely N-dealkylation sites (tertiary alicyclic amines) is 1. The van der Waals surface area contributed by atoms with Crippen LogP contribution in [0.25, 0.3) is 0 Å². The van der Waals surface area contributed by atoms with Gasteiger partial charge in [-0.1, -0.05) is 13.3 Å². The Morgan fingerprint density at radius 3 is 3.11 bits per heavy atom. The predicted octanol–water partition coefficient (Wildman–Crippen LogP) is 2.41. The molecule has 0 unspecified atom stereocenters. The maximum Gasteiger partial charge on any atom is 0.274 e. The predicted molar refractivity (Wildman–Crippen MR) is 104 cm³/mol. The normalized spacial score (nSPS) is 20.7. The number of fused-ring (bicyclic) bond motifs is 1. The molecule has 27 heavy (non-hydrogen) atoms. The zero-order chi connectivity index (χ0) is 18.8. The van der Waals surface area contributed by atoms with Gasteiger partial charge in [-0.15, -0.1) is 0 Å². The number of nitrogens with zero attached hydrogens (tertiary/aromatic N) is 5. The van der Waals surface area contributed by atoms with Crippen molar-refractivity contribution in [2.45, 2.75) is 58.0 Å². The number of H-pyrrole nitrogens is 1. The average Bonchev–Trinajstić information content (AvgIpc) is 3.32. The van der Waals surface area contributed by atoms with E-state index in [4.69, 9.17) is 0 Å². The molecule has 0 spiro atoms. The summed E-state index contributed by atoms with van der Waals surface area (Å²) < 4.78 is 2.27. The molecule has 7 heteroatoms. The van der Waals surface area contributed by atoms with Crippen molar-refractivity contribution in [3.8, 4) is 0 Å². The number of imidazole rings is 1. The van der Waals surface area contributed by atoms with Gasteiger partial charge in [0.25, 0.3) is 5.91 Å². The minimum Gasteiger partial charge on any atom is -0.337 e. The van der Waals surface area contributed by atoms with Crippen LogP contribution in [0.5, 0.6) is 0 Å². The van der Waals surface area contributed by atoms with Gasteiger partial charge in [0.1, 0.15) is 5.82 Å². The molecule has 0 bridgehead atoms. The lowest BCUT2D eigenvalue weighted by Gasteiger charge is -2.33. The number of likely N-dealkylation sites (N-methyl/N-ethyl adjacent to an activating group) is 1. The molecule has 0 radical (unpaired) electrons. The Bertz CT molecular complexity index is 794. The number of nitrogens with one attached hydrogen (secondary N) is 1. The Morgan fingerprint density at radius 1 is 1.37 bits per heavy atom. The minimum absolute atomic E-state index is 0.0687. The van der Waals surface area contributed by atoms with Crippen molar-refractivity contribution in [1.82, 2.24) is 29.5 Å². The van der Waals surface area contributed by atoms with Crippen LogP contribution in [-0.2, 0) is 19.5 Å². The van der Waals surface area contributed by atoms with E-state index in [9.17, 15) is 4.79 Å². The molecule has 1 amide bonds. The smallest absolute Gasteiger partial charge is 0.274 e. The van der Waals surface area contributed by atoms with Crippen LogP contribution in [0.1, 0.15) is 66.1 Å². The lowest BCUT2D eigenvalue weighted by molar-refractivity contribution is 0.0695.